The van der Waals surface area contributed by atoms with Gasteiger partial charge in [-0.25, -0.2) is 12.8 Å². The van der Waals surface area contributed by atoms with Crippen LogP contribution in [0.2, 0.25) is 0 Å². The number of hydrogen-bond acceptors (Lipinski definition) is 3. The van der Waals surface area contributed by atoms with Gasteiger partial charge in [-0.05, 0) is 24.8 Å². The Hall–Kier alpha value is -1.45. The van der Waals surface area contributed by atoms with Gasteiger partial charge in [-0.1, -0.05) is 5.92 Å². The predicted octanol–water partition coefficient (Wildman–Crippen LogP) is 1.25. The molecule has 0 aliphatic heterocycles. The standard InChI is InChI=1S/C12H13FN2O2S/c1-2-5-15(9-10-3-4-10)18(16,17)12-6-11(13)7-14-8-12/h1,6-8,10H,3-5,9H2. The summed E-state index contributed by atoms with van der Waals surface area (Å²) in [5.41, 5.74) is 0. The van der Waals surface area contributed by atoms with Crippen molar-refractivity contribution in [3.05, 3.63) is 24.3 Å². The van der Waals surface area contributed by atoms with Crippen LogP contribution < -0.4 is 0 Å². The van der Waals surface area contributed by atoms with Gasteiger partial charge in [-0.2, -0.15) is 4.31 Å². The third-order valence-corrected chi connectivity index (χ3v) is 4.52. The summed E-state index contributed by atoms with van der Waals surface area (Å²) < 4.78 is 38.8. The molecule has 6 heteroatoms. The van der Waals surface area contributed by atoms with Crippen molar-refractivity contribution in [2.45, 2.75) is 17.7 Å². The Balaban J connectivity index is 2.29. The predicted molar refractivity (Wildman–Crippen MR) is 64.5 cm³/mol. The SMILES string of the molecule is C#CCN(CC1CC1)S(=O)(=O)c1cncc(F)c1. The molecule has 0 unspecified atom stereocenters. The average molecular weight is 268 g/mol. The average Bonchev–Trinajstić information content (AvgIpc) is 3.12. The molecule has 1 aliphatic rings. The molecular formula is C12H13FN2O2S. The van der Waals surface area contributed by atoms with E-state index in [2.05, 4.69) is 10.9 Å². The zero-order chi connectivity index (χ0) is 13.2. The van der Waals surface area contributed by atoms with Crippen molar-refractivity contribution in [1.82, 2.24) is 9.29 Å². The number of rotatable bonds is 5. The Morgan fingerprint density at radius 3 is 2.78 bits per heavy atom. The van der Waals surface area contributed by atoms with E-state index in [0.29, 0.717) is 12.5 Å². The molecule has 96 valence electrons. The van der Waals surface area contributed by atoms with Gasteiger partial charge >= 0.3 is 0 Å². The highest BCUT2D eigenvalue weighted by Crippen LogP contribution is 2.31. The summed E-state index contributed by atoms with van der Waals surface area (Å²) in [5, 5.41) is 0. The number of sulfonamides is 1. The van der Waals surface area contributed by atoms with Crippen molar-refractivity contribution in [2.75, 3.05) is 13.1 Å². The van der Waals surface area contributed by atoms with Crippen LogP contribution in [-0.4, -0.2) is 30.8 Å². The Bertz CT molecular complexity index is 576. The fourth-order valence-electron chi connectivity index (χ4n) is 1.62. The third kappa shape index (κ3) is 2.86. The van der Waals surface area contributed by atoms with E-state index in [-0.39, 0.29) is 11.4 Å². The van der Waals surface area contributed by atoms with Crippen molar-refractivity contribution < 1.29 is 12.8 Å². The lowest BCUT2D eigenvalue weighted by Gasteiger charge is -2.19. The lowest BCUT2D eigenvalue weighted by molar-refractivity contribution is 0.429. The highest BCUT2D eigenvalue weighted by Gasteiger charge is 2.31. The van der Waals surface area contributed by atoms with Gasteiger partial charge < -0.3 is 0 Å². The van der Waals surface area contributed by atoms with E-state index >= 15 is 0 Å². The molecule has 1 saturated carbocycles. The van der Waals surface area contributed by atoms with E-state index in [1.165, 1.54) is 4.31 Å². The number of hydrogen-bond donors (Lipinski definition) is 0. The van der Waals surface area contributed by atoms with Gasteiger partial charge in [0, 0.05) is 12.7 Å². The minimum absolute atomic E-state index is 0.00462. The van der Waals surface area contributed by atoms with Crippen LogP contribution in [0.4, 0.5) is 4.39 Å². The zero-order valence-corrected chi connectivity index (χ0v) is 10.5. The number of pyridine rings is 1. The van der Waals surface area contributed by atoms with Gasteiger partial charge in [0.2, 0.25) is 10.0 Å². The molecule has 4 nitrogen and oxygen atoms in total. The van der Waals surface area contributed by atoms with E-state index in [0.717, 1.165) is 31.3 Å². The fraction of sp³-hybridized carbons (Fsp3) is 0.417. The first kappa shape index (κ1) is 13.0. The first-order chi connectivity index (χ1) is 8.54. The molecule has 0 atom stereocenters. The van der Waals surface area contributed by atoms with E-state index in [1.807, 2.05) is 0 Å². The molecule has 0 spiro atoms. The van der Waals surface area contributed by atoms with Crippen molar-refractivity contribution in [1.29, 1.82) is 0 Å². The molecule has 1 aliphatic carbocycles. The molecule has 1 aromatic rings. The maximum atomic E-state index is 13.0. The molecule has 1 heterocycles. The van der Waals surface area contributed by atoms with Gasteiger partial charge in [0.05, 0.1) is 12.7 Å². The largest absolute Gasteiger partial charge is 0.260 e. The highest BCUT2D eigenvalue weighted by atomic mass is 32.2. The molecule has 18 heavy (non-hydrogen) atoms. The Kier molecular flexibility index (Phi) is 3.64. The van der Waals surface area contributed by atoms with Crippen LogP contribution in [0, 0.1) is 24.1 Å². The monoisotopic (exact) mass is 268 g/mol. The Morgan fingerprint density at radius 2 is 2.22 bits per heavy atom. The lowest BCUT2D eigenvalue weighted by atomic mass is 10.4. The van der Waals surface area contributed by atoms with Crippen LogP contribution in [0.15, 0.2) is 23.4 Å². The second-order valence-corrected chi connectivity index (χ2v) is 6.22. The Labute approximate surface area is 106 Å². The molecule has 0 bridgehead atoms. The van der Waals surface area contributed by atoms with Crippen LogP contribution in [-0.2, 0) is 10.0 Å². The molecule has 0 aromatic carbocycles. The van der Waals surface area contributed by atoms with Gasteiger partial charge in [0.25, 0.3) is 0 Å². The van der Waals surface area contributed by atoms with Crippen molar-refractivity contribution >= 4 is 10.0 Å². The Morgan fingerprint density at radius 1 is 1.50 bits per heavy atom. The van der Waals surface area contributed by atoms with Gasteiger partial charge in [-0.15, -0.1) is 6.42 Å². The highest BCUT2D eigenvalue weighted by molar-refractivity contribution is 7.89. The van der Waals surface area contributed by atoms with Crippen LogP contribution in [0.1, 0.15) is 12.8 Å². The number of terminal acetylenes is 1. The maximum absolute atomic E-state index is 13.0. The van der Waals surface area contributed by atoms with Crippen LogP contribution in [0.5, 0.6) is 0 Å². The molecular weight excluding hydrogens is 255 g/mol. The normalized spacial score (nSPS) is 15.6. The smallest absolute Gasteiger partial charge is 0.245 e. The summed E-state index contributed by atoms with van der Waals surface area (Å²) in [6.45, 7) is 0.387. The van der Waals surface area contributed by atoms with E-state index in [4.69, 9.17) is 6.42 Å². The minimum atomic E-state index is -3.75. The van der Waals surface area contributed by atoms with Crippen molar-refractivity contribution in [3.63, 3.8) is 0 Å². The molecule has 0 amide bonds. The van der Waals surface area contributed by atoms with E-state index in [1.54, 1.807) is 0 Å². The first-order valence-corrected chi connectivity index (χ1v) is 7.02. The van der Waals surface area contributed by atoms with Crippen LogP contribution >= 0.6 is 0 Å². The summed E-state index contributed by atoms with van der Waals surface area (Å²) in [4.78, 5) is 3.40. The van der Waals surface area contributed by atoms with Crippen LogP contribution in [0.25, 0.3) is 0 Å². The first-order valence-electron chi connectivity index (χ1n) is 5.58. The number of halogens is 1. The fourth-order valence-corrected chi connectivity index (χ4v) is 3.03. The number of aromatic nitrogens is 1. The molecule has 0 radical (unpaired) electrons. The van der Waals surface area contributed by atoms with Gasteiger partial charge in [0.15, 0.2) is 0 Å². The summed E-state index contributed by atoms with van der Waals surface area (Å²) in [6, 6.07) is 0.957. The van der Waals surface area contributed by atoms with Crippen molar-refractivity contribution in [3.8, 4) is 12.3 Å². The zero-order valence-electron chi connectivity index (χ0n) is 9.71. The minimum Gasteiger partial charge on any atom is -0.260 e. The maximum Gasteiger partial charge on any atom is 0.245 e. The van der Waals surface area contributed by atoms with Crippen molar-refractivity contribution in [2.24, 2.45) is 5.92 Å². The van der Waals surface area contributed by atoms with Crippen LogP contribution in [0.3, 0.4) is 0 Å². The van der Waals surface area contributed by atoms with E-state index < -0.39 is 15.8 Å². The molecule has 2 rings (SSSR count). The molecule has 1 aromatic heterocycles. The third-order valence-electron chi connectivity index (χ3n) is 2.74. The summed E-state index contributed by atoms with van der Waals surface area (Å²) >= 11 is 0. The van der Waals surface area contributed by atoms with E-state index in [9.17, 15) is 12.8 Å². The van der Waals surface area contributed by atoms with Gasteiger partial charge in [0.1, 0.15) is 10.7 Å². The summed E-state index contributed by atoms with van der Waals surface area (Å²) in [5.74, 6) is 2.02. The number of nitrogens with zero attached hydrogens (tertiary/aromatic N) is 2. The molecule has 1 fully saturated rings. The second-order valence-electron chi connectivity index (χ2n) is 4.28. The van der Waals surface area contributed by atoms with Gasteiger partial charge in [-0.3, -0.25) is 4.98 Å². The molecule has 0 N–H and O–H groups in total. The lowest BCUT2D eigenvalue weighted by Crippen LogP contribution is -2.33. The summed E-state index contributed by atoms with van der Waals surface area (Å²) in [6.07, 6.45) is 9.31. The topological polar surface area (TPSA) is 50.3 Å². The summed E-state index contributed by atoms with van der Waals surface area (Å²) in [7, 11) is -3.75. The second kappa shape index (κ2) is 5.04. The quantitative estimate of drug-likeness (QED) is 0.755. The molecule has 0 saturated heterocycles.